The highest BCUT2D eigenvalue weighted by molar-refractivity contribution is 7.13. The summed E-state index contributed by atoms with van der Waals surface area (Å²) in [6.07, 6.45) is 1.29. The fraction of sp³-hybridized carbons (Fsp3) is 0.500. The molecule has 2 heterocycles. The first kappa shape index (κ1) is 16.3. The number of carboxylic acids is 1. The van der Waals surface area contributed by atoms with Crippen LogP contribution < -0.4 is 5.32 Å². The highest BCUT2D eigenvalue weighted by Crippen LogP contribution is 2.19. The van der Waals surface area contributed by atoms with Crippen LogP contribution in [-0.4, -0.2) is 48.2 Å². The highest BCUT2D eigenvalue weighted by Gasteiger charge is 2.28. The number of amides is 2. The Kier molecular flexibility index (Phi) is 5.37. The lowest BCUT2D eigenvalue weighted by atomic mass is 9.99. The largest absolute Gasteiger partial charge is 0.481 e. The van der Waals surface area contributed by atoms with Gasteiger partial charge in [0.25, 0.3) is 0 Å². The number of carbonyl (C=O) groups excluding carboxylic acids is 2. The second-order valence-corrected chi connectivity index (χ2v) is 6.21. The molecule has 2 rings (SSSR count). The molecule has 1 fully saturated rings. The Labute approximate surface area is 131 Å². The van der Waals surface area contributed by atoms with Crippen molar-refractivity contribution in [2.75, 3.05) is 20.2 Å². The maximum Gasteiger partial charge on any atom is 0.348 e. The van der Waals surface area contributed by atoms with Crippen LogP contribution >= 0.6 is 11.3 Å². The predicted octanol–water partition coefficient (Wildman–Crippen LogP) is 1.54. The van der Waals surface area contributed by atoms with Crippen LogP contribution in [-0.2, 0) is 16.1 Å². The van der Waals surface area contributed by atoms with E-state index < -0.39 is 17.9 Å². The smallest absolute Gasteiger partial charge is 0.348 e. The van der Waals surface area contributed by atoms with Crippen LogP contribution in [0.5, 0.6) is 0 Å². The lowest BCUT2D eigenvalue weighted by Gasteiger charge is -2.30. The number of hydrogen-bond donors (Lipinski definition) is 2. The number of nitrogens with one attached hydrogen (secondary N) is 1. The third-order valence-corrected chi connectivity index (χ3v) is 4.59. The van der Waals surface area contributed by atoms with E-state index in [4.69, 9.17) is 5.11 Å². The van der Waals surface area contributed by atoms with Gasteiger partial charge in [-0.2, -0.15) is 0 Å². The third kappa shape index (κ3) is 3.97. The highest BCUT2D eigenvalue weighted by atomic mass is 32.1. The Hall–Kier alpha value is -2.09. The minimum Gasteiger partial charge on any atom is -0.481 e. The summed E-state index contributed by atoms with van der Waals surface area (Å²) in [6.45, 7) is 1.10. The number of piperidine rings is 1. The zero-order valence-corrected chi connectivity index (χ0v) is 13.0. The molecule has 1 aliphatic rings. The summed E-state index contributed by atoms with van der Waals surface area (Å²) >= 11 is 1.26. The van der Waals surface area contributed by atoms with Crippen LogP contribution in [0.2, 0.25) is 0 Å². The summed E-state index contributed by atoms with van der Waals surface area (Å²) in [5.41, 5.74) is 0. The summed E-state index contributed by atoms with van der Waals surface area (Å²) in [5.74, 6) is -1.76. The molecule has 7 nitrogen and oxygen atoms in total. The van der Waals surface area contributed by atoms with Crippen molar-refractivity contribution in [1.29, 1.82) is 0 Å². The van der Waals surface area contributed by atoms with Gasteiger partial charge in [-0.25, -0.2) is 9.59 Å². The third-order valence-electron chi connectivity index (χ3n) is 3.52. The van der Waals surface area contributed by atoms with Gasteiger partial charge in [0.2, 0.25) is 0 Å². The van der Waals surface area contributed by atoms with Crippen molar-refractivity contribution in [3.63, 3.8) is 0 Å². The number of carbonyl (C=O) groups is 3. The molecule has 2 amide bonds. The first-order valence-electron chi connectivity index (χ1n) is 6.94. The molecule has 0 bridgehead atoms. The number of urea groups is 1. The molecule has 1 aromatic rings. The Balaban J connectivity index is 1.86. The molecular formula is C14H18N2O5S. The molecular weight excluding hydrogens is 308 g/mol. The van der Waals surface area contributed by atoms with Crippen molar-refractivity contribution < 1.29 is 24.2 Å². The topological polar surface area (TPSA) is 95.9 Å². The van der Waals surface area contributed by atoms with Crippen molar-refractivity contribution in [3.8, 4) is 0 Å². The van der Waals surface area contributed by atoms with E-state index >= 15 is 0 Å². The number of thiophene rings is 1. The van der Waals surface area contributed by atoms with Crippen LogP contribution in [0.15, 0.2) is 12.1 Å². The zero-order chi connectivity index (χ0) is 16.1. The quantitative estimate of drug-likeness (QED) is 0.818. The van der Waals surface area contributed by atoms with Crippen molar-refractivity contribution in [3.05, 3.63) is 21.9 Å². The molecule has 1 unspecified atom stereocenters. The van der Waals surface area contributed by atoms with E-state index in [1.807, 2.05) is 0 Å². The van der Waals surface area contributed by atoms with E-state index in [1.54, 1.807) is 12.1 Å². The lowest BCUT2D eigenvalue weighted by molar-refractivity contribution is -0.143. The second kappa shape index (κ2) is 7.26. The van der Waals surface area contributed by atoms with E-state index in [-0.39, 0.29) is 12.6 Å². The SMILES string of the molecule is COC(=O)c1ccc(CNC(=O)N2CCCC(C(=O)O)C2)s1. The van der Waals surface area contributed by atoms with Crippen LogP contribution in [0.3, 0.4) is 0 Å². The standard InChI is InChI=1S/C14H18N2O5S/c1-21-13(19)11-5-4-10(22-11)7-15-14(20)16-6-2-3-9(8-16)12(17)18/h4-5,9H,2-3,6-8H2,1H3,(H,15,20)(H,17,18). The fourth-order valence-corrected chi connectivity index (χ4v) is 3.19. The summed E-state index contributed by atoms with van der Waals surface area (Å²) < 4.78 is 4.62. The molecule has 2 N–H and O–H groups in total. The monoisotopic (exact) mass is 326 g/mol. The summed E-state index contributed by atoms with van der Waals surface area (Å²) in [6, 6.07) is 3.13. The van der Waals surface area contributed by atoms with Crippen LogP contribution in [0.1, 0.15) is 27.4 Å². The Morgan fingerprint density at radius 1 is 1.45 bits per heavy atom. The number of hydrogen-bond acceptors (Lipinski definition) is 5. The number of carboxylic acid groups (broad SMARTS) is 1. The average Bonchev–Trinajstić information content (AvgIpc) is 3.00. The zero-order valence-electron chi connectivity index (χ0n) is 12.2. The van der Waals surface area contributed by atoms with Gasteiger partial charge in [-0.05, 0) is 25.0 Å². The first-order valence-corrected chi connectivity index (χ1v) is 7.75. The number of esters is 1. The van der Waals surface area contributed by atoms with E-state index in [1.165, 1.54) is 23.3 Å². The molecule has 0 spiro atoms. The average molecular weight is 326 g/mol. The van der Waals surface area contributed by atoms with Gasteiger partial charge in [-0.1, -0.05) is 0 Å². The van der Waals surface area contributed by atoms with E-state index in [9.17, 15) is 14.4 Å². The van der Waals surface area contributed by atoms with Gasteiger partial charge < -0.3 is 20.1 Å². The molecule has 22 heavy (non-hydrogen) atoms. The van der Waals surface area contributed by atoms with Crippen molar-refractivity contribution >= 4 is 29.3 Å². The van der Waals surface area contributed by atoms with E-state index in [0.29, 0.717) is 30.8 Å². The van der Waals surface area contributed by atoms with Crippen LogP contribution in [0.4, 0.5) is 4.79 Å². The summed E-state index contributed by atoms with van der Waals surface area (Å²) in [5, 5.41) is 11.8. The Morgan fingerprint density at radius 3 is 2.91 bits per heavy atom. The molecule has 1 aromatic heterocycles. The Morgan fingerprint density at radius 2 is 2.23 bits per heavy atom. The molecule has 1 atom stereocenters. The molecule has 0 radical (unpaired) electrons. The number of likely N-dealkylation sites (tertiary alicyclic amines) is 1. The maximum absolute atomic E-state index is 12.1. The maximum atomic E-state index is 12.1. The van der Waals surface area contributed by atoms with Gasteiger partial charge in [0.05, 0.1) is 19.6 Å². The minimum absolute atomic E-state index is 0.235. The summed E-state index contributed by atoms with van der Waals surface area (Å²) in [4.78, 5) is 37.3. The van der Waals surface area contributed by atoms with Gasteiger partial charge in [0, 0.05) is 18.0 Å². The molecule has 120 valence electrons. The molecule has 1 saturated heterocycles. The second-order valence-electron chi connectivity index (χ2n) is 5.04. The van der Waals surface area contributed by atoms with E-state index in [0.717, 1.165) is 4.88 Å². The molecule has 0 aromatic carbocycles. The number of aliphatic carboxylic acids is 1. The van der Waals surface area contributed by atoms with E-state index in [2.05, 4.69) is 10.1 Å². The molecule has 1 aliphatic heterocycles. The predicted molar refractivity (Wildman–Crippen MR) is 79.8 cm³/mol. The fourth-order valence-electron chi connectivity index (χ4n) is 2.32. The van der Waals surface area contributed by atoms with Crippen LogP contribution in [0, 0.1) is 5.92 Å². The van der Waals surface area contributed by atoms with Crippen LogP contribution in [0.25, 0.3) is 0 Å². The molecule has 0 saturated carbocycles. The number of ether oxygens (including phenoxy) is 1. The Bertz CT molecular complexity index is 571. The van der Waals surface area contributed by atoms with Gasteiger partial charge >= 0.3 is 18.0 Å². The first-order chi connectivity index (χ1) is 10.5. The summed E-state index contributed by atoms with van der Waals surface area (Å²) in [7, 11) is 1.32. The van der Waals surface area contributed by atoms with Crippen molar-refractivity contribution in [2.45, 2.75) is 19.4 Å². The van der Waals surface area contributed by atoms with Gasteiger partial charge in [-0.15, -0.1) is 11.3 Å². The van der Waals surface area contributed by atoms with Crippen molar-refractivity contribution in [1.82, 2.24) is 10.2 Å². The van der Waals surface area contributed by atoms with Crippen molar-refractivity contribution in [2.24, 2.45) is 5.92 Å². The number of nitrogens with zero attached hydrogens (tertiary/aromatic N) is 1. The van der Waals surface area contributed by atoms with Gasteiger partial charge in [0.1, 0.15) is 4.88 Å². The number of methoxy groups -OCH3 is 1. The van der Waals surface area contributed by atoms with Gasteiger partial charge in [-0.3, -0.25) is 4.79 Å². The minimum atomic E-state index is -0.863. The number of rotatable bonds is 4. The van der Waals surface area contributed by atoms with Gasteiger partial charge in [0.15, 0.2) is 0 Å². The normalized spacial score (nSPS) is 17.9. The molecule has 8 heteroatoms. The lowest BCUT2D eigenvalue weighted by Crippen LogP contribution is -2.46. The molecule has 0 aliphatic carbocycles.